The van der Waals surface area contributed by atoms with Crippen molar-refractivity contribution < 1.29 is 19.4 Å². The molecule has 0 radical (unpaired) electrons. The molecule has 1 fully saturated rings. The number of fused-ring (bicyclic) bond motifs is 1. The molecular formula is C35H47N5O4. The minimum atomic E-state index is -1.13. The highest BCUT2D eigenvalue weighted by Gasteiger charge is 2.36. The molecule has 0 bridgehead atoms. The maximum absolute atomic E-state index is 12.8. The number of ether oxygens (including phenoxy) is 2. The van der Waals surface area contributed by atoms with Crippen LogP contribution in [0, 0.1) is 19.3 Å². The number of benzene rings is 1. The average Bonchev–Trinajstić information content (AvgIpc) is 2.95. The van der Waals surface area contributed by atoms with Crippen LogP contribution in [0.25, 0.3) is 11.1 Å². The van der Waals surface area contributed by atoms with E-state index >= 15 is 0 Å². The molecule has 0 spiro atoms. The van der Waals surface area contributed by atoms with E-state index in [-0.39, 0.29) is 5.41 Å². The predicted octanol–water partition coefficient (Wildman–Crippen LogP) is 6.43. The number of nitrogens with zero attached hydrogens (tertiary/aromatic N) is 5. The van der Waals surface area contributed by atoms with Crippen molar-refractivity contribution in [3.05, 3.63) is 64.4 Å². The van der Waals surface area contributed by atoms with Crippen molar-refractivity contribution in [2.45, 2.75) is 92.6 Å². The zero-order valence-corrected chi connectivity index (χ0v) is 27.5. The number of carboxylic acids is 1. The van der Waals surface area contributed by atoms with Crippen LogP contribution in [0.1, 0.15) is 87.3 Å². The Hall–Kier alpha value is -3.56. The van der Waals surface area contributed by atoms with Crippen molar-refractivity contribution >= 4 is 17.5 Å². The van der Waals surface area contributed by atoms with Gasteiger partial charge < -0.3 is 24.4 Å². The summed E-state index contributed by atoms with van der Waals surface area (Å²) < 4.78 is 11.5. The third-order valence-corrected chi connectivity index (χ3v) is 8.80. The van der Waals surface area contributed by atoms with Crippen molar-refractivity contribution in [2.75, 3.05) is 36.5 Å². The van der Waals surface area contributed by atoms with Gasteiger partial charge in [0.15, 0.2) is 6.10 Å². The van der Waals surface area contributed by atoms with Gasteiger partial charge in [0.1, 0.15) is 12.1 Å². The van der Waals surface area contributed by atoms with E-state index in [1.54, 1.807) is 13.4 Å². The highest BCUT2D eigenvalue weighted by Crippen LogP contribution is 2.45. The van der Waals surface area contributed by atoms with Crippen molar-refractivity contribution in [3.63, 3.8) is 0 Å². The molecule has 5 rings (SSSR count). The number of aromatic nitrogens is 3. The number of methoxy groups -OCH3 is 1. The van der Waals surface area contributed by atoms with Gasteiger partial charge in [0.25, 0.3) is 0 Å². The highest BCUT2D eigenvalue weighted by atomic mass is 16.5. The number of aliphatic carboxylic acids is 1. The van der Waals surface area contributed by atoms with Crippen LogP contribution < -0.4 is 9.80 Å². The first-order chi connectivity index (χ1) is 20.8. The SMILES string of the molecule is COCc1cc(N2CCc3cc(-c4c(C)nc(C)c([C@H](OC(C)(C)C)C(=O)O)c4N4CCC(C)(C)CC4)ccc3C2)ncn1. The van der Waals surface area contributed by atoms with Crippen LogP contribution in [-0.4, -0.2) is 58.4 Å². The lowest BCUT2D eigenvalue weighted by Gasteiger charge is -2.41. The van der Waals surface area contributed by atoms with E-state index in [2.05, 4.69) is 51.8 Å². The molecule has 0 aliphatic carbocycles. The fourth-order valence-electron chi connectivity index (χ4n) is 6.44. The van der Waals surface area contributed by atoms with Gasteiger partial charge >= 0.3 is 5.97 Å². The number of hydrogen-bond donors (Lipinski definition) is 1. The summed E-state index contributed by atoms with van der Waals surface area (Å²) >= 11 is 0. The first-order valence-electron chi connectivity index (χ1n) is 15.6. The van der Waals surface area contributed by atoms with Crippen LogP contribution in [0.5, 0.6) is 0 Å². The second-order valence-electron chi connectivity index (χ2n) is 14.0. The molecule has 1 aromatic carbocycles. The lowest BCUT2D eigenvalue weighted by Crippen LogP contribution is -2.39. The number of rotatable bonds is 8. The van der Waals surface area contributed by atoms with Gasteiger partial charge in [-0.3, -0.25) is 4.98 Å². The maximum Gasteiger partial charge on any atom is 0.337 e. The van der Waals surface area contributed by atoms with Crippen LogP contribution >= 0.6 is 0 Å². The van der Waals surface area contributed by atoms with E-state index in [0.717, 1.165) is 79.5 Å². The molecule has 4 heterocycles. The summed E-state index contributed by atoms with van der Waals surface area (Å²) in [6.07, 6.45) is 3.40. The van der Waals surface area contributed by atoms with Gasteiger partial charge in [0.2, 0.25) is 0 Å². The summed E-state index contributed by atoms with van der Waals surface area (Å²) in [6.45, 7) is 18.0. The molecule has 0 saturated carbocycles. The molecule has 2 aromatic heterocycles. The normalized spacial score (nSPS) is 17.4. The highest BCUT2D eigenvalue weighted by molar-refractivity contribution is 5.88. The maximum atomic E-state index is 12.8. The predicted molar refractivity (Wildman–Crippen MR) is 173 cm³/mol. The van der Waals surface area contributed by atoms with Crippen LogP contribution in [0.2, 0.25) is 0 Å². The number of anilines is 2. The third-order valence-electron chi connectivity index (χ3n) is 8.80. The van der Waals surface area contributed by atoms with Gasteiger partial charge in [0, 0.05) is 61.9 Å². The Morgan fingerprint density at radius 2 is 1.75 bits per heavy atom. The minimum absolute atomic E-state index is 0.244. The Labute approximate surface area is 261 Å². The van der Waals surface area contributed by atoms with Crippen LogP contribution in [0.3, 0.4) is 0 Å². The summed E-state index contributed by atoms with van der Waals surface area (Å²) in [5.41, 5.74) is 8.28. The summed E-state index contributed by atoms with van der Waals surface area (Å²) in [4.78, 5) is 31.3. The number of pyridine rings is 1. The minimum Gasteiger partial charge on any atom is -0.479 e. The number of piperidine rings is 1. The van der Waals surface area contributed by atoms with Crippen molar-refractivity contribution in [2.24, 2.45) is 5.41 Å². The largest absolute Gasteiger partial charge is 0.479 e. The van der Waals surface area contributed by atoms with E-state index < -0.39 is 17.7 Å². The molecule has 236 valence electrons. The first kappa shape index (κ1) is 31.9. The smallest absolute Gasteiger partial charge is 0.337 e. The zero-order chi connectivity index (χ0) is 31.8. The molecule has 9 heteroatoms. The Kier molecular flexibility index (Phi) is 9.01. The fourth-order valence-corrected chi connectivity index (χ4v) is 6.44. The third kappa shape index (κ3) is 6.89. The van der Waals surface area contributed by atoms with E-state index in [0.29, 0.717) is 17.9 Å². The van der Waals surface area contributed by atoms with E-state index in [4.69, 9.17) is 14.5 Å². The van der Waals surface area contributed by atoms with Gasteiger partial charge in [-0.25, -0.2) is 14.8 Å². The molecule has 9 nitrogen and oxygen atoms in total. The molecule has 0 amide bonds. The Morgan fingerprint density at radius 3 is 2.41 bits per heavy atom. The Balaban J connectivity index is 1.59. The summed E-state index contributed by atoms with van der Waals surface area (Å²) in [5, 5.41) is 10.5. The monoisotopic (exact) mass is 601 g/mol. The molecule has 3 aromatic rings. The van der Waals surface area contributed by atoms with E-state index in [1.807, 2.05) is 40.7 Å². The molecule has 1 atom stereocenters. The molecule has 1 saturated heterocycles. The Morgan fingerprint density at radius 1 is 1.02 bits per heavy atom. The quantitative estimate of drug-likeness (QED) is 0.313. The second kappa shape index (κ2) is 12.4. The fraction of sp³-hybridized carbons (Fsp3) is 0.543. The first-order valence-corrected chi connectivity index (χ1v) is 15.6. The standard InChI is InChI=1S/C35H47N5O4/c1-22-29(25-9-10-26-19-40(14-11-24(26)17-25)28-18-27(20-43-8)36-21-37-28)31(39-15-12-35(6,7)13-16-39)30(23(2)38-22)32(33(41)42)44-34(3,4)5/h9-10,17-18,21,32H,11-16,19-20H2,1-8H3,(H,41,42)/t32-/m0/s1. The Bertz CT molecular complexity index is 1520. The van der Waals surface area contributed by atoms with Crippen LogP contribution in [-0.2, 0) is 33.8 Å². The summed E-state index contributed by atoms with van der Waals surface area (Å²) in [7, 11) is 1.67. The van der Waals surface area contributed by atoms with E-state index in [1.165, 1.54) is 11.1 Å². The zero-order valence-electron chi connectivity index (χ0n) is 27.5. The van der Waals surface area contributed by atoms with E-state index in [9.17, 15) is 9.90 Å². The molecule has 2 aliphatic rings. The number of hydrogen-bond acceptors (Lipinski definition) is 8. The molecular weight excluding hydrogens is 554 g/mol. The van der Waals surface area contributed by atoms with Gasteiger partial charge in [-0.1, -0.05) is 32.0 Å². The summed E-state index contributed by atoms with van der Waals surface area (Å²) in [6, 6.07) is 8.65. The van der Waals surface area contributed by atoms with Crippen molar-refractivity contribution in [1.29, 1.82) is 0 Å². The molecule has 2 aliphatic heterocycles. The van der Waals surface area contributed by atoms with Crippen LogP contribution in [0.15, 0.2) is 30.6 Å². The van der Waals surface area contributed by atoms with Gasteiger partial charge in [-0.05, 0) is 76.0 Å². The van der Waals surface area contributed by atoms with Gasteiger partial charge in [0.05, 0.1) is 23.6 Å². The van der Waals surface area contributed by atoms with Crippen LogP contribution in [0.4, 0.5) is 11.5 Å². The second-order valence-corrected chi connectivity index (χ2v) is 14.0. The molecule has 44 heavy (non-hydrogen) atoms. The van der Waals surface area contributed by atoms with Crippen molar-refractivity contribution in [1.82, 2.24) is 15.0 Å². The number of carbonyl (C=O) groups is 1. The van der Waals surface area contributed by atoms with Crippen molar-refractivity contribution in [3.8, 4) is 11.1 Å². The lowest BCUT2D eigenvalue weighted by atomic mass is 9.81. The average molecular weight is 602 g/mol. The topological polar surface area (TPSA) is 101 Å². The van der Waals surface area contributed by atoms with Gasteiger partial charge in [-0.15, -0.1) is 0 Å². The summed E-state index contributed by atoms with van der Waals surface area (Å²) in [5.74, 6) is -0.0963. The molecule has 0 unspecified atom stereocenters. The van der Waals surface area contributed by atoms with Gasteiger partial charge in [-0.2, -0.15) is 0 Å². The lowest BCUT2D eigenvalue weighted by molar-refractivity contribution is -0.160. The number of carboxylic acid groups (broad SMARTS) is 1. The number of aryl methyl sites for hydroxylation is 2. The molecule has 1 N–H and O–H groups in total.